The number of fused-ring (bicyclic) bond motifs is 1. The molecule has 0 aliphatic heterocycles. The Balaban J connectivity index is 1.80. The van der Waals surface area contributed by atoms with E-state index in [4.69, 9.17) is 0 Å². The van der Waals surface area contributed by atoms with Crippen molar-refractivity contribution in [2.45, 2.75) is 0 Å². The molecule has 4 aromatic rings. The van der Waals surface area contributed by atoms with E-state index in [9.17, 15) is 0 Å². The highest BCUT2D eigenvalue weighted by Crippen LogP contribution is 2.28. The van der Waals surface area contributed by atoms with Gasteiger partial charge < -0.3 is 0 Å². The fourth-order valence-electron chi connectivity index (χ4n) is 2.81. The summed E-state index contributed by atoms with van der Waals surface area (Å²) in [4.78, 5) is 0. The van der Waals surface area contributed by atoms with Gasteiger partial charge in [-0.3, -0.25) is 0 Å². The predicted octanol–water partition coefficient (Wildman–Crippen LogP) is 5.97. The molecule has 0 bridgehead atoms. The van der Waals surface area contributed by atoms with E-state index in [0.29, 0.717) is 0 Å². The zero-order valence-electron chi connectivity index (χ0n) is 12.2. The first-order valence-electron chi connectivity index (χ1n) is 7.46. The first kappa shape index (κ1) is 12.8. The van der Waals surface area contributed by atoms with Crippen molar-refractivity contribution in [3.05, 3.63) is 97.1 Å². The lowest BCUT2D eigenvalue weighted by atomic mass is 9.98. The van der Waals surface area contributed by atoms with Gasteiger partial charge in [-0.25, -0.2) is 0 Å². The Morgan fingerprint density at radius 2 is 1.00 bits per heavy atom. The van der Waals surface area contributed by atoms with E-state index in [1.807, 2.05) is 18.2 Å². The Kier molecular flexibility index (Phi) is 3.21. The van der Waals surface area contributed by atoms with E-state index in [-0.39, 0.29) is 0 Å². The zero-order valence-corrected chi connectivity index (χ0v) is 12.2. The number of rotatable bonds is 2. The average Bonchev–Trinajstić information content (AvgIpc) is 2.62. The summed E-state index contributed by atoms with van der Waals surface area (Å²) in [6, 6.07) is 35.0. The highest BCUT2D eigenvalue weighted by Gasteiger charge is 2.02. The molecular weight excluding hydrogens is 264 g/mol. The molecule has 0 heterocycles. The summed E-state index contributed by atoms with van der Waals surface area (Å²) < 4.78 is 0. The Labute approximate surface area is 130 Å². The van der Waals surface area contributed by atoms with Gasteiger partial charge in [0.15, 0.2) is 0 Å². The lowest BCUT2D eigenvalue weighted by Crippen LogP contribution is -1.81. The number of hydrogen-bond acceptors (Lipinski definition) is 0. The third-order valence-corrected chi connectivity index (χ3v) is 4.00. The van der Waals surface area contributed by atoms with Crippen LogP contribution < -0.4 is 0 Å². The standard InChI is InChI=1S/C22H15/c1-3-7-17(8-4-1)19-11-13-22-16-20(12-14-21(22)15-19)18-9-5-2-6-10-18/h1,3-16H. The van der Waals surface area contributed by atoms with E-state index < -0.39 is 0 Å². The van der Waals surface area contributed by atoms with Crippen molar-refractivity contribution in [1.82, 2.24) is 0 Å². The van der Waals surface area contributed by atoms with Gasteiger partial charge in [0.1, 0.15) is 0 Å². The molecule has 22 heavy (non-hydrogen) atoms. The van der Waals surface area contributed by atoms with Crippen molar-refractivity contribution in [1.29, 1.82) is 0 Å². The number of benzene rings is 4. The van der Waals surface area contributed by atoms with Crippen LogP contribution in [0.25, 0.3) is 33.0 Å². The predicted molar refractivity (Wildman–Crippen MR) is 93.7 cm³/mol. The number of hydrogen-bond donors (Lipinski definition) is 0. The van der Waals surface area contributed by atoms with Crippen molar-refractivity contribution in [3.63, 3.8) is 0 Å². The Morgan fingerprint density at radius 3 is 1.59 bits per heavy atom. The zero-order chi connectivity index (χ0) is 14.8. The molecule has 0 heteroatoms. The van der Waals surface area contributed by atoms with Gasteiger partial charge in [0.25, 0.3) is 0 Å². The first-order chi connectivity index (χ1) is 10.9. The summed E-state index contributed by atoms with van der Waals surface area (Å²) in [5.74, 6) is 0. The lowest BCUT2D eigenvalue weighted by molar-refractivity contribution is 1.62. The highest BCUT2D eigenvalue weighted by molar-refractivity contribution is 5.90. The SMILES string of the molecule is [c]1ccc(-c2ccc3cc(-c4ccccc4)ccc3c2)cc1. The van der Waals surface area contributed by atoms with Crippen molar-refractivity contribution in [3.8, 4) is 22.3 Å². The highest BCUT2D eigenvalue weighted by atomic mass is 14.1. The van der Waals surface area contributed by atoms with Gasteiger partial charge in [0, 0.05) is 0 Å². The van der Waals surface area contributed by atoms with Crippen LogP contribution in [-0.4, -0.2) is 0 Å². The van der Waals surface area contributed by atoms with Gasteiger partial charge in [-0.2, -0.15) is 0 Å². The van der Waals surface area contributed by atoms with Crippen molar-refractivity contribution >= 4 is 10.8 Å². The molecule has 0 unspecified atom stereocenters. The van der Waals surface area contributed by atoms with Gasteiger partial charge >= 0.3 is 0 Å². The minimum atomic E-state index is 1.23. The van der Waals surface area contributed by atoms with Gasteiger partial charge in [0.2, 0.25) is 0 Å². The summed E-state index contributed by atoms with van der Waals surface area (Å²) in [5, 5.41) is 2.54. The van der Waals surface area contributed by atoms with Gasteiger partial charge in [0.05, 0.1) is 0 Å². The van der Waals surface area contributed by atoms with Crippen LogP contribution in [0.15, 0.2) is 91.0 Å². The molecule has 0 fully saturated rings. The minimum Gasteiger partial charge on any atom is -0.0622 e. The second-order valence-electron chi connectivity index (χ2n) is 5.43. The van der Waals surface area contributed by atoms with Crippen LogP contribution in [0.1, 0.15) is 0 Å². The summed E-state index contributed by atoms with van der Waals surface area (Å²) in [6.07, 6.45) is 0. The fourth-order valence-corrected chi connectivity index (χ4v) is 2.81. The summed E-state index contributed by atoms with van der Waals surface area (Å²) >= 11 is 0. The molecule has 103 valence electrons. The van der Waals surface area contributed by atoms with E-state index in [2.05, 4.69) is 78.9 Å². The maximum absolute atomic E-state index is 3.07. The molecule has 0 aromatic heterocycles. The largest absolute Gasteiger partial charge is 0.0622 e. The van der Waals surface area contributed by atoms with Crippen LogP contribution in [0.5, 0.6) is 0 Å². The van der Waals surface area contributed by atoms with E-state index in [1.54, 1.807) is 0 Å². The Bertz CT molecular complexity index is 827. The molecule has 0 aliphatic rings. The molecule has 0 N–H and O–H groups in total. The van der Waals surface area contributed by atoms with E-state index in [1.165, 1.54) is 33.0 Å². The molecule has 0 spiro atoms. The lowest BCUT2D eigenvalue weighted by Gasteiger charge is -2.07. The van der Waals surface area contributed by atoms with Crippen LogP contribution in [0.2, 0.25) is 0 Å². The van der Waals surface area contributed by atoms with Crippen molar-refractivity contribution < 1.29 is 0 Å². The molecule has 0 nitrogen and oxygen atoms in total. The van der Waals surface area contributed by atoms with Gasteiger partial charge in [-0.1, -0.05) is 78.9 Å². The van der Waals surface area contributed by atoms with Crippen LogP contribution in [-0.2, 0) is 0 Å². The second-order valence-corrected chi connectivity index (χ2v) is 5.43. The van der Waals surface area contributed by atoms with Crippen LogP contribution >= 0.6 is 0 Å². The summed E-state index contributed by atoms with van der Waals surface area (Å²) in [5.41, 5.74) is 4.99. The van der Waals surface area contributed by atoms with E-state index in [0.717, 1.165) is 0 Å². The fraction of sp³-hybridized carbons (Fsp3) is 0. The first-order valence-corrected chi connectivity index (χ1v) is 7.46. The second kappa shape index (κ2) is 5.50. The third-order valence-electron chi connectivity index (χ3n) is 4.00. The molecule has 0 saturated heterocycles. The monoisotopic (exact) mass is 279 g/mol. The normalized spacial score (nSPS) is 10.7. The van der Waals surface area contributed by atoms with Crippen molar-refractivity contribution in [2.75, 3.05) is 0 Å². The third kappa shape index (κ3) is 2.40. The molecule has 4 rings (SSSR count). The molecule has 0 atom stereocenters. The quantitative estimate of drug-likeness (QED) is 0.424. The van der Waals surface area contributed by atoms with Crippen LogP contribution in [0.3, 0.4) is 0 Å². The molecule has 0 saturated carbocycles. The summed E-state index contributed by atoms with van der Waals surface area (Å²) in [6.45, 7) is 0. The van der Waals surface area contributed by atoms with Crippen LogP contribution in [0.4, 0.5) is 0 Å². The summed E-state index contributed by atoms with van der Waals surface area (Å²) in [7, 11) is 0. The van der Waals surface area contributed by atoms with E-state index >= 15 is 0 Å². The maximum atomic E-state index is 3.07. The van der Waals surface area contributed by atoms with Crippen LogP contribution in [0, 0.1) is 6.07 Å². The Hall–Kier alpha value is -2.86. The topological polar surface area (TPSA) is 0 Å². The smallest absolute Gasteiger partial charge is 0.0177 e. The molecule has 0 amide bonds. The minimum absolute atomic E-state index is 1.23. The van der Waals surface area contributed by atoms with Crippen molar-refractivity contribution in [2.24, 2.45) is 0 Å². The van der Waals surface area contributed by atoms with Gasteiger partial charge in [-0.05, 0) is 51.2 Å². The van der Waals surface area contributed by atoms with Gasteiger partial charge in [-0.15, -0.1) is 0 Å². The molecular formula is C22H15. The molecule has 0 aliphatic carbocycles. The maximum Gasteiger partial charge on any atom is -0.0177 e. The average molecular weight is 279 g/mol. The Morgan fingerprint density at radius 1 is 0.455 bits per heavy atom. The molecule has 4 aromatic carbocycles. The molecule has 1 radical (unpaired) electrons.